The minimum atomic E-state index is -0.505. The molecular weight excluding hydrogens is 370 g/mol. The maximum absolute atomic E-state index is 11.0. The molecule has 0 aliphatic carbocycles. The second-order valence-electron chi connectivity index (χ2n) is 8.39. The van der Waals surface area contributed by atoms with Gasteiger partial charge in [0, 0.05) is 19.3 Å². The zero-order chi connectivity index (χ0) is 20.6. The molecule has 2 atom stereocenters. The highest BCUT2D eigenvalue weighted by Gasteiger charge is 2.42. The molecule has 1 N–H and O–H groups in total. The van der Waals surface area contributed by atoms with E-state index in [0.717, 1.165) is 45.8 Å². The summed E-state index contributed by atoms with van der Waals surface area (Å²) < 4.78 is 23.3. The molecule has 6 heteroatoms. The second kappa shape index (κ2) is 7.76. The van der Waals surface area contributed by atoms with Crippen LogP contribution in [0.5, 0.6) is 23.0 Å². The molecule has 29 heavy (non-hydrogen) atoms. The van der Waals surface area contributed by atoms with Crippen molar-refractivity contribution in [2.24, 2.45) is 0 Å². The lowest BCUT2D eigenvalue weighted by Gasteiger charge is -2.44. The summed E-state index contributed by atoms with van der Waals surface area (Å²) in [6, 6.07) is 10.0. The zero-order valence-electron chi connectivity index (χ0n) is 17.6. The number of para-hydroxylation sites is 1. The van der Waals surface area contributed by atoms with Gasteiger partial charge in [0.1, 0.15) is 11.8 Å². The Hall–Kier alpha value is -2.44. The topological polar surface area (TPSA) is 57.2 Å². The molecule has 2 aromatic rings. The van der Waals surface area contributed by atoms with E-state index in [4.69, 9.17) is 18.9 Å². The molecule has 2 aliphatic heterocycles. The van der Waals surface area contributed by atoms with Crippen molar-refractivity contribution in [3.8, 4) is 23.0 Å². The summed E-state index contributed by atoms with van der Waals surface area (Å²) in [5.41, 5.74) is 3.37. The highest BCUT2D eigenvalue weighted by atomic mass is 16.7. The molecule has 2 unspecified atom stereocenters. The van der Waals surface area contributed by atoms with Crippen LogP contribution in [0.2, 0.25) is 0 Å². The van der Waals surface area contributed by atoms with Crippen molar-refractivity contribution in [3.05, 3.63) is 47.0 Å². The van der Waals surface area contributed by atoms with Gasteiger partial charge < -0.3 is 28.5 Å². The number of quaternary nitrogens is 1. The highest BCUT2D eigenvalue weighted by molar-refractivity contribution is 5.61. The van der Waals surface area contributed by atoms with Gasteiger partial charge in [0.15, 0.2) is 11.5 Å². The quantitative estimate of drug-likeness (QED) is 0.755. The number of benzene rings is 2. The van der Waals surface area contributed by atoms with Crippen LogP contribution in [0.3, 0.4) is 0 Å². The van der Waals surface area contributed by atoms with E-state index < -0.39 is 6.10 Å². The van der Waals surface area contributed by atoms with Crippen molar-refractivity contribution >= 4 is 0 Å². The minimum absolute atomic E-state index is 0.0907. The first-order valence-electron chi connectivity index (χ1n) is 10.1. The number of fused-ring (bicyclic) bond motifs is 2. The largest absolute Gasteiger partial charge is 0.496 e. The SMILES string of the molecule is COc1ccccc1CC(O)CC1c2c(cc3c(c2OC)OCO3)CC[N+]1(C)C. The Bertz CT molecular complexity index is 895. The van der Waals surface area contributed by atoms with Crippen molar-refractivity contribution in [1.82, 2.24) is 0 Å². The second-order valence-corrected chi connectivity index (χ2v) is 8.39. The van der Waals surface area contributed by atoms with Gasteiger partial charge in [-0.15, -0.1) is 0 Å². The number of aliphatic hydroxyl groups excluding tert-OH is 1. The summed E-state index contributed by atoms with van der Waals surface area (Å²) in [6.07, 6.45) is 1.60. The summed E-state index contributed by atoms with van der Waals surface area (Å²) in [7, 11) is 7.77. The van der Waals surface area contributed by atoms with E-state index in [2.05, 4.69) is 20.2 Å². The number of methoxy groups -OCH3 is 2. The van der Waals surface area contributed by atoms with E-state index in [1.807, 2.05) is 24.3 Å². The fourth-order valence-corrected chi connectivity index (χ4v) is 4.64. The zero-order valence-corrected chi connectivity index (χ0v) is 17.6. The molecule has 4 rings (SSSR count). The molecule has 0 bridgehead atoms. The van der Waals surface area contributed by atoms with Gasteiger partial charge in [0.25, 0.3) is 0 Å². The maximum atomic E-state index is 11.0. The van der Waals surface area contributed by atoms with Gasteiger partial charge in [-0.25, -0.2) is 0 Å². The Morgan fingerprint density at radius 1 is 1.17 bits per heavy atom. The van der Waals surface area contributed by atoms with Crippen LogP contribution in [-0.4, -0.2) is 57.3 Å². The fourth-order valence-electron chi connectivity index (χ4n) is 4.64. The molecule has 0 saturated carbocycles. The third-order valence-corrected chi connectivity index (χ3v) is 6.23. The number of aliphatic hydroxyl groups is 1. The molecule has 6 nitrogen and oxygen atoms in total. The van der Waals surface area contributed by atoms with Crippen LogP contribution >= 0.6 is 0 Å². The summed E-state index contributed by atoms with van der Waals surface area (Å²) in [4.78, 5) is 0. The molecular formula is C23H30NO5+. The van der Waals surface area contributed by atoms with E-state index in [9.17, 15) is 5.11 Å². The van der Waals surface area contributed by atoms with Gasteiger partial charge in [-0.1, -0.05) is 18.2 Å². The molecule has 2 aliphatic rings. The van der Waals surface area contributed by atoms with Gasteiger partial charge >= 0.3 is 0 Å². The van der Waals surface area contributed by atoms with E-state index in [1.165, 1.54) is 5.56 Å². The Morgan fingerprint density at radius 2 is 1.97 bits per heavy atom. The first-order chi connectivity index (χ1) is 13.9. The summed E-state index contributed by atoms with van der Waals surface area (Å²) in [5, 5.41) is 11.0. The minimum Gasteiger partial charge on any atom is -0.496 e. The molecule has 0 radical (unpaired) electrons. The van der Waals surface area contributed by atoms with Crippen LogP contribution in [0.25, 0.3) is 0 Å². The highest BCUT2D eigenvalue weighted by Crippen LogP contribution is 2.51. The summed E-state index contributed by atoms with van der Waals surface area (Å²) >= 11 is 0. The molecule has 0 fully saturated rings. The predicted molar refractivity (Wildman–Crippen MR) is 110 cm³/mol. The van der Waals surface area contributed by atoms with Crippen molar-refractivity contribution < 1.29 is 28.5 Å². The van der Waals surface area contributed by atoms with E-state index >= 15 is 0 Å². The molecule has 2 aromatic carbocycles. The first kappa shape index (κ1) is 19.9. The van der Waals surface area contributed by atoms with E-state index in [0.29, 0.717) is 18.6 Å². The average molecular weight is 400 g/mol. The number of hydrogen-bond acceptors (Lipinski definition) is 5. The molecule has 2 heterocycles. The van der Waals surface area contributed by atoms with Crippen LogP contribution in [-0.2, 0) is 12.8 Å². The van der Waals surface area contributed by atoms with Gasteiger partial charge in [-0.3, -0.25) is 0 Å². The van der Waals surface area contributed by atoms with Crippen LogP contribution in [0.4, 0.5) is 0 Å². The summed E-state index contributed by atoms with van der Waals surface area (Å²) in [6.45, 7) is 1.20. The van der Waals surface area contributed by atoms with Crippen LogP contribution in [0.1, 0.15) is 29.2 Å². The molecule has 0 spiro atoms. The Kier molecular flexibility index (Phi) is 5.32. The molecule has 0 amide bonds. The van der Waals surface area contributed by atoms with Gasteiger partial charge in [0.2, 0.25) is 12.5 Å². The van der Waals surface area contributed by atoms with Gasteiger partial charge in [-0.05, 0) is 23.3 Å². The normalized spacial score (nSPS) is 20.1. The lowest BCUT2D eigenvalue weighted by molar-refractivity contribution is -0.924. The van der Waals surface area contributed by atoms with Crippen LogP contribution < -0.4 is 18.9 Å². The van der Waals surface area contributed by atoms with E-state index in [-0.39, 0.29) is 12.8 Å². The third-order valence-electron chi connectivity index (χ3n) is 6.23. The van der Waals surface area contributed by atoms with Crippen LogP contribution in [0.15, 0.2) is 30.3 Å². The van der Waals surface area contributed by atoms with E-state index in [1.54, 1.807) is 14.2 Å². The lowest BCUT2D eigenvalue weighted by atomic mass is 9.85. The molecule has 0 saturated heterocycles. The van der Waals surface area contributed by atoms with Crippen molar-refractivity contribution in [2.75, 3.05) is 41.7 Å². The van der Waals surface area contributed by atoms with Gasteiger partial charge in [0.05, 0.1) is 46.5 Å². The standard InChI is InChI=1S/C23H30NO5/c1-24(2)10-9-16-12-20-22(29-14-28-20)23(27-4)21(16)18(24)13-17(25)11-15-7-5-6-8-19(15)26-3/h5-8,12,17-18,25H,9-11,13-14H2,1-4H3/q+1. The smallest absolute Gasteiger partial charge is 0.231 e. The number of rotatable bonds is 6. The monoisotopic (exact) mass is 400 g/mol. The number of nitrogens with zero attached hydrogens (tertiary/aromatic N) is 1. The Labute approximate surface area is 172 Å². The fraction of sp³-hybridized carbons (Fsp3) is 0.478. The van der Waals surface area contributed by atoms with Crippen LogP contribution in [0, 0.1) is 0 Å². The Morgan fingerprint density at radius 3 is 2.72 bits per heavy atom. The third kappa shape index (κ3) is 3.63. The Balaban J connectivity index is 1.66. The average Bonchev–Trinajstić information content (AvgIpc) is 3.17. The van der Waals surface area contributed by atoms with Crippen molar-refractivity contribution in [2.45, 2.75) is 31.4 Å². The first-order valence-corrected chi connectivity index (χ1v) is 10.1. The lowest BCUT2D eigenvalue weighted by Crippen LogP contribution is -2.49. The molecule has 156 valence electrons. The number of ether oxygens (including phenoxy) is 4. The predicted octanol–water partition coefficient (Wildman–Crippen LogP) is 3.10. The van der Waals surface area contributed by atoms with Gasteiger partial charge in [-0.2, -0.15) is 0 Å². The van der Waals surface area contributed by atoms with Crippen molar-refractivity contribution in [1.29, 1.82) is 0 Å². The summed E-state index contributed by atoms with van der Waals surface area (Å²) in [5.74, 6) is 2.99. The maximum Gasteiger partial charge on any atom is 0.231 e. The number of likely N-dealkylation sites (N-methyl/N-ethyl adjacent to an activating group) is 1. The molecule has 0 aromatic heterocycles. The number of hydrogen-bond donors (Lipinski definition) is 1. The van der Waals surface area contributed by atoms with Crippen molar-refractivity contribution in [3.63, 3.8) is 0 Å².